The van der Waals surface area contributed by atoms with Crippen LogP contribution in [-0.4, -0.2) is 30.1 Å². The average Bonchev–Trinajstić information content (AvgIpc) is 2.74. The van der Waals surface area contributed by atoms with E-state index in [0.29, 0.717) is 12.1 Å². The molecule has 0 spiro atoms. The average molecular weight is 267 g/mol. The van der Waals surface area contributed by atoms with Gasteiger partial charge < -0.3 is 5.32 Å². The maximum atomic E-state index is 6.04. The van der Waals surface area contributed by atoms with Crippen LogP contribution in [0.2, 0.25) is 5.02 Å². The number of hydrogen-bond donors (Lipinski definition) is 1. The molecule has 1 unspecified atom stereocenters. The highest BCUT2D eigenvalue weighted by atomic mass is 35.5. The first kappa shape index (κ1) is 13.9. The van der Waals surface area contributed by atoms with Crippen molar-refractivity contribution in [3.63, 3.8) is 0 Å². The predicted molar refractivity (Wildman–Crippen MR) is 78.0 cm³/mol. The minimum Gasteiger partial charge on any atom is -0.313 e. The Kier molecular flexibility index (Phi) is 5.04. The van der Waals surface area contributed by atoms with Crippen LogP contribution >= 0.6 is 11.6 Å². The normalized spacial score (nSPS) is 20.8. The van der Waals surface area contributed by atoms with Gasteiger partial charge in [0, 0.05) is 30.2 Å². The molecule has 0 radical (unpaired) electrons. The van der Waals surface area contributed by atoms with Crippen molar-refractivity contribution in [2.24, 2.45) is 0 Å². The molecule has 1 aromatic rings. The molecular weight excluding hydrogens is 244 g/mol. The molecule has 1 aliphatic heterocycles. The summed E-state index contributed by atoms with van der Waals surface area (Å²) >= 11 is 6.04. The third kappa shape index (κ3) is 3.98. The second kappa shape index (κ2) is 6.55. The Morgan fingerprint density at radius 3 is 3.00 bits per heavy atom. The summed E-state index contributed by atoms with van der Waals surface area (Å²) in [6.07, 6.45) is 2.62. The molecule has 1 saturated heterocycles. The molecule has 1 aromatic carbocycles. The van der Waals surface area contributed by atoms with Crippen LogP contribution < -0.4 is 5.32 Å². The lowest BCUT2D eigenvalue weighted by Crippen LogP contribution is -2.39. The van der Waals surface area contributed by atoms with Crippen LogP contribution in [0.3, 0.4) is 0 Å². The Morgan fingerprint density at radius 2 is 2.28 bits per heavy atom. The van der Waals surface area contributed by atoms with Gasteiger partial charge >= 0.3 is 0 Å². The van der Waals surface area contributed by atoms with Crippen LogP contribution in [0, 0.1) is 0 Å². The van der Waals surface area contributed by atoms with E-state index in [-0.39, 0.29) is 0 Å². The Hall–Kier alpha value is -0.570. The van der Waals surface area contributed by atoms with Gasteiger partial charge in [0.2, 0.25) is 0 Å². The molecule has 0 bridgehead atoms. The van der Waals surface area contributed by atoms with E-state index in [0.717, 1.165) is 18.1 Å². The Labute approximate surface area is 115 Å². The molecule has 1 atom stereocenters. The quantitative estimate of drug-likeness (QED) is 0.880. The number of nitrogens with one attached hydrogen (secondary N) is 1. The molecule has 18 heavy (non-hydrogen) atoms. The Morgan fingerprint density at radius 1 is 1.44 bits per heavy atom. The first-order valence-corrected chi connectivity index (χ1v) is 7.25. The van der Waals surface area contributed by atoms with E-state index in [9.17, 15) is 0 Å². The number of rotatable bonds is 5. The zero-order valence-electron chi connectivity index (χ0n) is 11.3. The van der Waals surface area contributed by atoms with Gasteiger partial charge in [0.1, 0.15) is 0 Å². The maximum absolute atomic E-state index is 6.04. The fourth-order valence-electron chi connectivity index (χ4n) is 2.58. The van der Waals surface area contributed by atoms with Crippen molar-refractivity contribution in [2.45, 2.75) is 45.3 Å². The molecule has 1 fully saturated rings. The lowest BCUT2D eigenvalue weighted by atomic mass is 10.1. The van der Waals surface area contributed by atoms with E-state index >= 15 is 0 Å². The van der Waals surface area contributed by atoms with Gasteiger partial charge in [-0.3, -0.25) is 4.90 Å². The number of halogens is 1. The van der Waals surface area contributed by atoms with Crippen molar-refractivity contribution in [3.05, 3.63) is 34.9 Å². The number of nitrogens with zero attached hydrogens (tertiary/aromatic N) is 1. The molecule has 1 heterocycles. The van der Waals surface area contributed by atoms with Gasteiger partial charge in [-0.25, -0.2) is 0 Å². The van der Waals surface area contributed by atoms with E-state index < -0.39 is 0 Å². The third-order valence-electron chi connectivity index (χ3n) is 3.54. The minimum atomic E-state index is 0.568. The monoisotopic (exact) mass is 266 g/mol. The molecular formula is C15H23ClN2. The van der Waals surface area contributed by atoms with Crippen molar-refractivity contribution in [3.8, 4) is 0 Å². The molecule has 2 rings (SSSR count). The summed E-state index contributed by atoms with van der Waals surface area (Å²) in [7, 11) is 0. The molecule has 0 aliphatic carbocycles. The molecule has 0 aromatic heterocycles. The first-order valence-electron chi connectivity index (χ1n) is 6.87. The Balaban J connectivity index is 1.91. The maximum Gasteiger partial charge on any atom is 0.0409 e. The highest BCUT2D eigenvalue weighted by Gasteiger charge is 2.24. The second-order valence-electron chi connectivity index (χ2n) is 5.46. The topological polar surface area (TPSA) is 15.3 Å². The fraction of sp³-hybridized carbons (Fsp3) is 0.600. The van der Waals surface area contributed by atoms with Crippen LogP contribution in [0.5, 0.6) is 0 Å². The largest absolute Gasteiger partial charge is 0.313 e. The summed E-state index contributed by atoms with van der Waals surface area (Å²) in [5.41, 5.74) is 1.32. The predicted octanol–water partition coefficient (Wildman–Crippen LogP) is 3.30. The summed E-state index contributed by atoms with van der Waals surface area (Å²) in [5.74, 6) is 0. The molecule has 3 heteroatoms. The fourth-order valence-corrected chi connectivity index (χ4v) is 2.79. The van der Waals surface area contributed by atoms with Crippen LogP contribution in [0.4, 0.5) is 0 Å². The Bertz CT molecular complexity index is 379. The molecule has 0 amide bonds. The lowest BCUT2D eigenvalue weighted by molar-refractivity contribution is 0.236. The third-order valence-corrected chi connectivity index (χ3v) is 3.77. The smallest absolute Gasteiger partial charge is 0.0409 e. The summed E-state index contributed by atoms with van der Waals surface area (Å²) in [4.78, 5) is 2.57. The van der Waals surface area contributed by atoms with Crippen molar-refractivity contribution < 1.29 is 0 Å². The summed E-state index contributed by atoms with van der Waals surface area (Å²) in [6.45, 7) is 7.73. The number of hydrogen-bond acceptors (Lipinski definition) is 2. The molecule has 0 saturated carbocycles. The standard InChI is InChI=1S/C15H23ClN2/c1-12(2)17-10-15-7-4-8-18(15)11-13-5-3-6-14(16)9-13/h3,5-6,9,12,15,17H,4,7-8,10-11H2,1-2H3. The number of likely N-dealkylation sites (tertiary alicyclic amines) is 1. The van der Waals surface area contributed by atoms with Gasteiger partial charge in [0.05, 0.1) is 0 Å². The second-order valence-corrected chi connectivity index (χ2v) is 5.90. The summed E-state index contributed by atoms with van der Waals surface area (Å²) in [6, 6.07) is 9.45. The molecule has 2 nitrogen and oxygen atoms in total. The van der Waals surface area contributed by atoms with Crippen LogP contribution in [0.25, 0.3) is 0 Å². The van der Waals surface area contributed by atoms with Gasteiger partial charge in [-0.1, -0.05) is 37.6 Å². The summed E-state index contributed by atoms with van der Waals surface area (Å²) < 4.78 is 0. The van der Waals surface area contributed by atoms with Gasteiger partial charge in [0.15, 0.2) is 0 Å². The van der Waals surface area contributed by atoms with Crippen molar-refractivity contribution >= 4 is 11.6 Å². The van der Waals surface area contributed by atoms with Crippen LogP contribution in [0.15, 0.2) is 24.3 Å². The highest BCUT2D eigenvalue weighted by Crippen LogP contribution is 2.21. The van der Waals surface area contributed by atoms with Crippen molar-refractivity contribution in [2.75, 3.05) is 13.1 Å². The van der Waals surface area contributed by atoms with Crippen LogP contribution in [0.1, 0.15) is 32.3 Å². The van der Waals surface area contributed by atoms with E-state index in [1.54, 1.807) is 0 Å². The SMILES string of the molecule is CC(C)NCC1CCCN1Cc1cccc(Cl)c1. The van der Waals surface area contributed by atoms with E-state index in [1.807, 2.05) is 12.1 Å². The first-order chi connectivity index (χ1) is 8.65. The van der Waals surface area contributed by atoms with E-state index in [4.69, 9.17) is 11.6 Å². The van der Waals surface area contributed by atoms with Crippen molar-refractivity contribution in [1.82, 2.24) is 10.2 Å². The number of benzene rings is 1. The lowest BCUT2D eigenvalue weighted by Gasteiger charge is -2.25. The van der Waals surface area contributed by atoms with E-state index in [1.165, 1.54) is 24.9 Å². The minimum absolute atomic E-state index is 0.568. The molecule has 1 N–H and O–H groups in total. The van der Waals surface area contributed by atoms with Gasteiger partial charge in [-0.15, -0.1) is 0 Å². The zero-order valence-corrected chi connectivity index (χ0v) is 12.1. The highest BCUT2D eigenvalue weighted by molar-refractivity contribution is 6.30. The van der Waals surface area contributed by atoms with E-state index in [2.05, 4.69) is 36.2 Å². The van der Waals surface area contributed by atoms with Crippen molar-refractivity contribution in [1.29, 1.82) is 0 Å². The van der Waals surface area contributed by atoms with Gasteiger partial charge in [0.25, 0.3) is 0 Å². The van der Waals surface area contributed by atoms with Gasteiger partial charge in [-0.05, 0) is 37.1 Å². The van der Waals surface area contributed by atoms with Gasteiger partial charge in [-0.2, -0.15) is 0 Å². The summed E-state index contributed by atoms with van der Waals surface area (Å²) in [5, 5.41) is 4.38. The zero-order chi connectivity index (χ0) is 13.0. The molecule has 100 valence electrons. The molecule has 1 aliphatic rings. The van der Waals surface area contributed by atoms with Crippen LogP contribution in [-0.2, 0) is 6.54 Å².